The van der Waals surface area contributed by atoms with Crippen LogP contribution in [0.25, 0.3) is 0 Å². The molecule has 0 aromatic heterocycles. The van der Waals surface area contributed by atoms with Crippen molar-refractivity contribution in [3.63, 3.8) is 0 Å². The van der Waals surface area contributed by atoms with Crippen molar-refractivity contribution in [3.8, 4) is 0 Å². The lowest BCUT2D eigenvalue weighted by atomic mass is 10.1. The van der Waals surface area contributed by atoms with Crippen molar-refractivity contribution in [2.45, 2.75) is 13.3 Å². The number of ether oxygens (including phenoxy) is 1. The Bertz CT molecular complexity index is 430. The van der Waals surface area contributed by atoms with Crippen LogP contribution in [0.15, 0.2) is 18.2 Å². The van der Waals surface area contributed by atoms with Gasteiger partial charge in [0.25, 0.3) is 0 Å². The molecule has 5 heteroatoms. The van der Waals surface area contributed by atoms with E-state index in [0.29, 0.717) is 17.7 Å². The van der Waals surface area contributed by atoms with Crippen molar-refractivity contribution in [2.24, 2.45) is 5.73 Å². The molecule has 1 aromatic carbocycles. The number of methoxy groups -OCH3 is 1. The Labute approximate surface area is 99.9 Å². The quantitative estimate of drug-likeness (QED) is 0.762. The molecule has 92 valence electrons. The molecule has 0 fully saturated rings. The van der Waals surface area contributed by atoms with Crippen LogP contribution in [0, 0.1) is 0 Å². The number of aryl methyl sites for hydroxylation is 1. The van der Waals surface area contributed by atoms with Gasteiger partial charge in [-0.05, 0) is 30.2 Å². The molecule has 1 aromatic rings. The third-order valence-electron chi connectivity index (χ3n) is 2.37. The van der Waals surface area contributed by atoms with Gasteiger partial charge in [0.05, 0.1) is 19.2 Å². The van der Waals surface area contributed by atoms with Gasteiger partial charge in [-0.3, -0.25) is 4.79 Å². The van der Waals surface area contributed by atoms with E-state index in [2.05, 4.69) is 10.1 Å². The smallest absolute Gasteiger partial charge is 0.337 e. The Morgan fingerprint density at radius 3 is 2.65 bits per heavy atom. The number of anilines is 1. The van der Waals surface area contributed by atoms with Gasteiger partial charge >= 0.3 is 5.97 Å². The standard InChI is InChI=1S/C12H16N2O3/c1-3-8-6-9(12(16)17-2)4-5-10(8)14-11(15)7-13/h4-6H,3,7,13H2,1-2H3,(H,14,15). The summed E-state index contributed by atoms with van der Waals surface area (Å²) in [6.07, 6.45) is 0.699. The second-order valence-corrected chi connectivity index (χ2v) is 3.47. The lowest BCUT2D eigenvalue weighted by molar-refractivity contribution is -0.114. The number of hydrogen-bond acceptors (Lipinski definition) is 4. The first-order valence-electron chi connectivity index (χ1n) is 5.33. The molecule has 0 aliphatic carbocycles. The second kappa shape index (κ2) is 6.00. The fourth-order valence-electron chi connectivity index (χ4n) is 1.45. The minimum Gasteiger partial charge on any atom is -0.465 e. The van der Waals surface area contributed by atoms with Crippen molar-refractivity contribution in [1.29, 1.82) is 0 Å². The molecule has 5 nitrogen and oxygen atoms in total. The Balaban J connectivity index is 3.01. The summed E-state index contributed by atoms with van der Waals surface area (Å²) in [5, 5.41) is 2.68. The Morgan fingerprint density at radius 2 is 2.12 bits per heavy atom. The van der Waals surface area contributed by atoms with Gasteiger partial charge in [-0.2, -0.15) is 0 Å². The summed E-state index contributed by atoms with van der Waals surface area (Å²) in [6.45, 7) is 1.87. The van der Waals surface area contributed by atoms with E-state index in [1.807, 2.05) is 6.92 Å². The van der Waals surface area contributed by atoms with Crippen molar-refractivity contribution in [1.82, 2.24) is 0 Å². The molecule has 0 saturated carbocycles. The number of nitrogens with one attached hydrogen (secondary N) is 1. The highest BCUT2D eigenvalue weighted by Gasteiger charge is 2.10. The summed E-state index contributed by atoms with van der Waals surface area (Å²) in [6, 6.07) is 4.99. The molecule has 0 aliphatic heterocycles. The van der Waals surface area contributed by atoms with Gasteiger partial charge in [0.1, 0.15) is 0 Å². The summed E-state index contributed by atoms with van der Waals surface area (Å²) < 4.78 is 4.63. The minimum atomic E-state index is -0.392. The van der Waals surface area contributed by atoms with Crippen LogP contribution in [0.3, 0.4) is 0 Å². The maximum atomic E-state index is 11.3. The molecule has 0 unspecified atom stereocenters. The van der Waals surface area contributed by atoms with E-state index >= 15 is 0 Å². The maximum absolute atomic E-state index is 11.3. The molecule has 0 heterocycles. The summed E-state index contributed by atoms with van der Waals surface area (Å²) in [4.78, 5) is 22.5. The SMILES string of the molecule is CCc1cc(C(=O)OC)ccc1NC(=O)CN. The predicted octanol–water partition coefficient (Wildman–Crippen LogP) is 0.933. The number of carbonyl (C=O) groups is 2. The molecule has 0 atom stereocenters. The zero-order valence-electron chi connectivity index (χ0n) is 9.95. The van der Waals surface area contributed by atoms with Gasteiger partial charge in [0.2, 0.25) is 5.91 Å². The van der Waals surface area contributed by atoms with Gasteiger partial charge in [-0.15, -0.1) is 0 Å². The van der Waals surface area contributed by atoms with E-state index in [1.54, 1.807) is 18.2 Å². The molecule has 0 spiro atoms. The van der Waals surface area contributed by atoms with Crippen molar-refractivity contribution in [2.75, 3.05) is 19.0 Å². The van der Waals surface area contributed by atoms with Gasteiger partial charge in [-0.1, -0.05) is 6.92 Å². The highest BCUT2D eigenvalue weighted by Crippen LogP contribution is 2.18. The Kier molecular flexibility index (Phi) is 4.66. The molecule has 0 bridgehead atoms. The maximum Gasteiger partial charge on any atom is 0.337 e. The van der Waals surface area contributed by atoms with E-state index in [9.17, 15) is 9.59 Å². The van der Waals surface area contributed by atoms with E-state index in [-0.39, 0.29) is 12.5 Å². The lowest BCUT2D eigenvalue weighted by Gasteiger charge is -2.10. The van der Waals surface area contributed by atoms with Crippen LogP contribution in [-0.2, 0) is 16.0 Å². The fourth-order valence-corrected chi connectivity index (χ4v) is 1.45. The first-order chi connectivity index (χ1) is 8.12. The highest BCUT2D eigenvalue weighted by atomic mass is 16.5. The van der Waals surface area contributed by atoms with Crippen LogP contribution in [0.5, 0.6) is 0 Å². The van der Waals surface area contributed by atoms with Gasteiger partial charge in [-0.25, -0.2) is 4.79 Å². The van der Waals surface area contributed by atoms with Crippen molar-refractivity contribution < 1.29 is 14.3 Å². The molecule has 0 saturated heterocycles. The van der Waals surface area contributed by atoms with Crippen LogP contribution in [0.2, 0.25) is 0 Å². The lowest BCUT2D eigenvalue weighted by Crippen LogP contribution is -2.22. The predicted molar refractivity (Wildman–Crippen MR) is 64.8 cm³/mol. The normalized spacial score (nSPS) is 9.82. The number of carbonyl (C=O) groups excluding carboxylic acids is 2. The summed E-state index contributed by atoms with van der Waals surface area (Å²) in [5.74, 6) is -0.651. The van der Waals surface area contributed by atoms with Gasteiger partial charge in [0, 0.05) is 5.69 Å². The van der Waals surface area contributed by atoms with Crippen molar-refractivity contribution >= 4 is 17.6 Å². The number of hydrogen-bond donors (Lipinski definition) is 2. The molecule has 1 amide bonds. The van der Waals surface area contributed by atoms with E-state index in [1.165, 1.54) is 7.11 Å². The Hall–Kier alpha value is -1.88. The third kappa shape index (κ3) is 3.29. The molecule has 0 radical (unpaired) electrons. The summed E-state index contributed by atoms with van der Waals surface area (Å²) >= 11 is 0. The summed E-state index contributed by atoms with van der Waals surface area (Å²) in [7, 11) is 1.33. The van der Waals surface area contributed by atoms with Crippen molar-refractivity contribution in [3.05, 3.63) is 29.3 Å². The largest absolute Gasteiger partial charge is 0.465 e. The average molecular weight is 236 g/mol. The molecular weight excluding hydrogens is 220 g/mol. The van der Waals surface area contributed by atoms with Crippen LogP contribution in [0.4, 0.5) is 5.69 Å². The topological polar surface area (TPSA) is 81.4 Å². The van der Waals surface area contributed by atoms with E-state index < -0.39 is 5.97 Å². The fraction of sp³-hybridized carbons (Fsp3) is 0.333. The van der Waals surface area contributed by atoms with E-state index in [4.69, 9.17) is 5.73 Å². The van der Waals surface area contributed by atoms with Crippen LogP contribution in [-0.4, -0.2) is 25.5 Å². The monoisotopic (exact) mass is 236 g/mol. The Morgan fingerprint density at radius 1 is 1.41 bits per heavy atom. The number of nitrogens with two attached hydrogens (primary N) is 1. The number of esters is 1. The molecule has 3 N–H and O–H groups in total. The zero-order chi connectivity index (χ0) is 12.8. The average Bonchev–Trinajstić information content (AvgIpc) is 2.37. The molecule has 0 aliphatic rings. The molecular formula is C12H16N2O3. The van der Waals surface area contributed by atoms with Gasteiger partial charge < -0.3 is 15.8 Å². The van der Waals surface area contributed by atoms with Crippen LogP contribution in [0.1, 0.15) is 22.8 Å². The van der Waals surface area contributed by atoms with E-state index in [0.717, 1.165) is 5.56 Å². The van der Waals surface area contributed by atoms with Crippen LogP contribution < -0.4 is 11.1 Å². The van der Waals surface area contributed by atoms with Crippen LogP contribution >= 0.6 is 0 Å². The first kappa shape index (κ1) is 13.2. The first-order valence-corrected chi connectivity index (χ1v) is 5.33. The highest BCUT2D eigenvalue weighted by molar-refractivity contribution is 5.94. The second-order valence-electron chi connectivity index (χ2n) is 3.47. The van der Waals surface area contributed by atoms with Gasteiger partial charge in [0.15, 0.2) is 0 Å². The third-order valence-corrected chi connectivity index (χ3v) is 2.37. The number of amides is 1. The summed E-state index contributed by atoms with van der Waals surface area (Å²) in [5.41, 5.74) is 7.24. The zero-order valence-corrected chi connectivity index (χ0v) is 9.95. The number of benzene rings is 1. The number of rotatable bonds is 4. The molecule has 1 rings (SSSR count). The molecule has 17 heavy (non-hydrogen) atoms. The minimum absolute atomic E-state index is 0.0676.